The number of nitrogens with zero attached hydrogens (tertiary/aromatic N) is 2. The molecule has 8 nitrogen and oxygen atoms in total. The number of carbonyl (C=O) groups is 2. The van der Waals surface area contributed by atoms with Gasteiger partial charge in [-0.25, -0.2) is 14.2 Å². The summed E-state index contributed by atoms with van der Waals surface area (Å²) in [6, 6.07) is 10.9. The molecule has 8 heteroatoms. The first-order valence-corrected chi connectivity index (χ1v) is 12.3. The lowest BCUT2D eigenvalue weighted by Gasteiger charge is -2.40. The van der Waals surface area contributed by atoms with Crippen molar-refractivity contribution >= 4 is 22.6 Å². The number of carboxylic acids is 1. The van der Waals surface area contributed by atoms with E-state index < -0.39 is 28.7 Å². The Morgan fingerprint density at radius 3 is 2.28 bits per heavy atom. The zero-order chi connectivity index (χ0) is 26.3. The van der Waals surface area contributed by atoms with Crippen LogP contribution in [0.15, 0.2) is 58.3 Å². The van der Waals surface area contributed by atoms with E-state index >= 15 is 0 Å². The number of fused-ring (bicyclic) bond motifs is 1. The number of aromatic nitrogens is 2. The number of rotatable bonds is 6. The van der Waals surface area contributed by atoms with Gasteiger partial charge in [0.05, 0.1) is 5.69 Å². The highest BCUT2D eigenvalue weighted by molar-refractivity contribution is 5.93. The van der Waals surface area contributed by atoms with E-state index in [0.717, 1.165) is 35.6 Å². The van der Waals surface area contributed by atoms with Crippen LogP contribution in [0, 0.1) is 10.8 Å². The molecule has 36 heavy (non-hydrogen) atoms. The summed E-state index contributed by atoms with van der Waals surface area (Å²) in [6.07, 6.45) is 4.77. The molecule has 1 fully saturated rings. The standard InChI is InChI=1S/C28H33N3O5/c1-27(2)12-14-28(3,15-13-27)25(35)29-21(24(33)34)17-18-7-5-9-20-19(18)8-6-10-22(20)31-23(32)11-16-30(4)26(31)36/h5-11,16,21H,12-15,17H2,1-4H3,(H,29,35)(H,33,34)/t21-/m0/s1. The molecule has 1 aliphatic rings. The fourth-order valence-electron chi connectivity index (χ4n) is 4.98. The molecule has 1 saturated carbocycles. The summed E-state index contributed by atoms with van der Waals surface area (Å²) in [4.78, 5) is 50.7. The molecule has 0 bridgehead atoms. The first-order valence-electron chi connectivity index (χ1n) is 12.3. The van der Waals surface area contributed by atoms with Crippen LogP contribution in [0.2, 0.25) is 0 Å². The lowest BCUT2D eigenvalue weighted by atomic mass is 9.65. The topological polar surface area (TPSA) is 110 Å². The molecular formula is C28H33N3O5. The summed E-state index contributed by atoms with van der Waals surface area (Å²) >= 11 is 0. The maximum absolute atomic E-state index is 13.2. The summed E-state index contributed by atoms with van der Waals surface area (Å²) < 4.78 is 2.43. The maximum atomic E-state index is 13.2. The number of carbonyl (C=O) groups excluding carboxylic acids is 1. The van der Waals surface area contributed by atoms with Crippen molar-refractivity contribution in [3.63, 3.8) is 0 Å². The predicted octanol–water partition coefficient (Wildman–Crippen LogP) is 3.41. The Bertz CT molecular complexity index is 1440. The van der Waals surface area contributed by atoms with Crippen LogP contribution in [0.1, 0.15) is 52.0 Å². The number of aryl methyl sites for hydroxylation is 1. The van der Waals surface area contributed by atoms with Gasteiger partial charge in [-0.15, -0.1) is 0 Å². The number of carboxylic acid groups (broad SMARTS) is 1. The maximum Gasteiger partial charge on any atom is 0.335 e. The summed E-state index contributed by atoms with van der Waals surface area (Å²) in [5, 5.41) is 14.1. The van der Waals surface area contributed by atoms with Crippen LogP contribution >= 0.6 is 0 Å². The summed E-state index contributed by atoms with van der Waals surface area (Å²) in [5.74, 6) is -1.34. The SMILES string of the molecule is Cn1ccc(=O)n(-c2cccc3c(C[C@H](NC(=O)C4(C)CCC(C)(C)CC4)C(=O)O)cccc23)c1=O. The minimum absolute atomic E-state index is 0.0745. The number of aliphatic carboxylic acids is 1. The number of nitrogens with one attached hydrogen (secondary N) is 1. The Hall–Kier alpha value is -3.68. The predicted molar refractivity (Wildman–Crippen MR) is 138 cm³/mol. The summed E-state index contributed by atoms with van der Waals surface area (Å²) in [5.41, 5.74) is -0.194. The number of hydrogen-bond donors (Lipinski definition) is 2. The van der Waals surface area contributed by atoms with Crippen LogP contribution in [0.25, 0.3) is 16.5 Å². The molecule has 1 heterocycles. The Kier molecular flexibility index (Phi) is 6.64. The number of hydrogen-bond acceptors (Lipinski definition) is 4. The van der Waals surface area contributed by atoms with E-state index in [1.54, 1.807) is 31.3 Å². The third kappa shape index (κ3) is 4.85. The molecule has 1 atom stereocenters. The molecule has 1 aromatic heterocycles. The zero-order valence-corrected chi connectivity index (χ0v) is 21.2. The van der Waals surface area contributed by atoms with E-state index in [-0.39, 0.29) is 17.7 Å². The van der Waals surface area contributed by atoms with Crippen molar-refractivity contribution in [2.24, 2.45) is 17.9 Å². The van der Waals surface area contributed by atoms with Gasteiger partial charge in [0.2, 0.25) is 5.91 Å². The molecule has 4 rings (SSSR count). The quantitative estimate of drug-likeness (QED) is 0.549. The van der Waals surface area contributed by atoms with Crippen molar-refractivity contribution in [1.29, 1.82) is 0 Å². The molecule has 0 saturated heterocycles. The van der Waals surface area contributed by atoms with Gasteiger partial charge in [-0.05, 0) is 48.1 Å². The summed E-state index contributed by atoms with van der Waals surface area (Å²) in [7, 11) is 1.57. The van der Waals surface area contributed by atoms with Crippen molar-refractivity contribution in [3.05, 3.63) is 75.1 Å². The zero-order valence-electron chi connectivity index (χ0n) is 21.2. The van der Waals surface area contributed by atoms with Crippen LogP contribution in [-0.2, 0) is 23.1 Å². The van der Waals surface area contributed by atoms with E-state index in [1.807, 2.05) is 19.1 Å². The normalized spacial score (nSPS) is 17.4. The molecule has 1 amide bonds. The Morgan fingerprint density at radius 2 is 1.61 bits per heavy atom. The second-order valence-electron chi connectivity index (χ2n) is 11.0. The third-order valence-electron chi connectivity index (χ3n) is 7.67. The molecule has 0 spiro atoms. The smallest absolute Gasteiger partial charge is 0.335 e. The van der Waals surface area contributed by atoms with Gasteiger partial charge >= 0.3 is 11.7 Å². The largest absolute Gasteiger partial charge is 0.480 e. The minimum Gasteiger partial charge on any atom is -0.480 e. The molecular weight excluding hydrogens is 458 g/mol. The van der Waals surface area contributed by atoms with E-state index in [2.05, 4.69) is 19.2 Å². The molecule has 0 radical (unpaired) electrons. The Morgan fingerprint density at radius 1 is 0.972 bits per heavy atom. The van der Waals surface area contributed by atoms with Gasteiger partial charge in [0.1, 0.15) is 6.04 Å². The lowest BCUT2D eigenvalue weighted by molar-refractivity contribution is -0.144. The van der Waals surface area contributed by atoms with Gasteiger partial charge < -0.3 is 15.0 Å². The Balaban J connectivity index is 1.67. The Labute approximate surface area is 209 Å². The van der Waals surface area contributed by atoms with Gasteiger partial charge in [-0.3, -0.25) is 9.59 Å². The van der Waals surface area contributed by atoms with Crippen molar-refractivity contribution < 1.29 is 14.7 Å². The van der Waals surface area contributed by atoms with Crippen molar-refractivity contribution in [3.8, 4) is 5.69 Å². The van der Waals surface area contributed by atoms with Crippen LogP contribution < -0.4 is 16.6 Å². The molecule has 190 valence electrons. The molecule has 0 aliphatic heterocycles. The van der Waals surface area contributed by atoms with Crippen molar-refractivity contribution in [1.82, 2.24) is 14.5 Å². The van der Waals surface area contributed by atoms with E-state index in [1.165, 1.54) is 16.8 Å². The lowest BCUT2D eigenvalue weighted by Crippen LogP contribution is -2.50. The van der Waals surface area contributed by atoms with Crippen LogP contribution in [0.3, 0.4) is 0 Å². The highest BCUT2D eigenvalue weighted by atomic mass is 16.4. The van der Waals surface area contributed by atoms with E-state index in [9.17, 15) is 24.3 Å². The van der Waals surface area contributed by atoms with Gasteiger partial charge in [0.15, 0.2) is 0 Å². The highest BCUT2D eigenvalue weighted by Gasteiger charge is 2.41. The fourth-order valence-corrected chi connectivity index (χ4v) is 4.98. The molecule has 1 aliphatic carbocycles. The second kappa shape index (κ2) is 9.41. The molecule has 3 aromatic rings. The van der Waals surface area contributed by atoms with E-state index in [4.69, 9.17) is 0 Å². The molecule has 0 unspecified atom stereocenters. The second-order valence-corrected chi connectivity index (χ2v) is 11.0. The van der Waals surface area contributed by atoms with Crippen LogP contribution in [0.4, 0.5) is 0 Å². The van der Waals surface area contributed by atoms with Gasteiger partial charge in [-0.1, -0.05) is 51.1 Å². The van der Waals surface area contributed by atoms with Gasteiger partial charge in [-0.2, -0.15) is 0 Å². The molecule has 2 aromatic carbocycles. The summed E-state index contributed by atoms with van der Waals surface area (Å²) in [6.45, 7) is 6.30. The minimum atomic E-state index is -1.11. The fraction of sp³-hybridized carbons (Fsp3) is 0.429. The molecule has 2 N–H and O–H groups in total. The van der Waals surface area contributed by atoms with Gasteiger partial charge in [0.25, 0.3) is 5.56 Å². The average Bonchev–Trinajstić information content (AvgIpc) is 2.83. The van der Waals surface area contributed by atoms with E-state index in [0.29, 0.717) is 16.6 Å². The third-order valence-corrected chi connectivity index (χ3v) is 7.67. The number of amides is 1. The van der Waals surface area contributed by atoms with Crippen LogP contribution in [-0.4, -0.2) is 32.2 Å². The van der Waals surface area contributed by atoms with Gasteiger partial charge in [0, 0.05) is 36.5 Å². The first-order chi connectivity index (χ1) is 16.9. The monoisotopic (exact) mass is 491 g/mol. The van der Waals surface area contributed by atoms with Crippen molar-refractivity contribution in [2.45, 2.75) is 58.9 Å². The average molecular weight is 492 g/mol. The number of benzene rings is 2. The highest BCUT2D eigenvalue weighted by Crippen LogP contribution is 2.45. The first kappa shape index (κ1) is 25.4. The van der Waals surface area contributed by atoms with Crippen LogP contribution in [0.5, 0.6) is 0 Å². The van der Waals surface area contributed by atoms with Crippen molar-refractivity contribution in [2.75, 3.05) is 0 Å².